The minimum atomic E-state index is -0.756. The molecular formula is C16H25NO3. The molecule has 1 rings (SSSR count). The third kappa shape index (κ3) is 5.21. The first-order valence-corrected chi connectivity index (χ1v) is 6.99. The highest BCUT2D eigenvalue weighted by molar-refractivity contribution is 5.68. The molecule has 0 bridgehead atoms. The van der Waals surface area contributed by atoms with E-state index in [2.05, 4.69) is 12.2 Å². The van der Waals surface area contributed by atoms with Crippen molar-refractivity contribution in [2.24, 2.45) is 0 Å². The van der Waals surface area contributed by atoms with Gasteiger partial charge >= 0.3 is 6.09 Å². The van der Waals surface area contributed by atoms with E-state index >= 15 is 0 Å². The summed E-state index contributed by atoms with van der Waals surface area (Å²) in [5.41, 5.74) is 1.46. The third-order valence-corrected chi connectivity index (χ3v) is 2.95. The lowest BCUT2D eigenvalue weighted by molar-refractivity contribution is 0.0436. The van der Waals surface area contributed by atoms with Gasteiger partial charge in [-0.1, -0.05) is 31.2 Å². The predicted molar refractivity (Wildman–Crippen MR) is 79.6 cm³/mol. The summed E-state index contributed by atoms with van der Waals surface area (Å²) in [5.74, 6) is 0. The van der Waals surface area contributed by atoms with Crippen LogP contribution in [0, 0.1) is 0 Å². The topological polar surface area (TPSA) is 58.6 Å². The molecule has 1 aromatic carbocycles. The van der Waals surface area contributed by atoms with E-state index in [1.54, 1.807) is 27.7 Å². The lowest BCUT2D eigenvalue weighted by atomic mass is 10.0. The fraction of sp³-hybridized carbons (Fsp3) is 0.562. The van der Waals surface area contributed by atoms with Crippen LogP contribution in [0.2, 0.25) is 0 Å². The van der Waals surface area contributed by atoms with Crippen LogP contribution in [-0.4, -0.2) is 22.8 Å². The summed E-state index contributed by atoms with van der Waals surface area (Å²) >= 11 is 0. The van der Waals surface area contributed by atoms with Crippen LogP contribution in [0.1, 0.15) is 51.8 Å². The Bertz CT molecular complexity index is 434. The number of ether oxygens (including phenoxy) is 1. The Labute approximate surface area is 121 Å². The summed E-state index contributed by atoms with van der Waals surface area (Å²) in [6.07, 6.45) is -0.315. The number of hydrogen-bond acceptors (Lipinski definition) is 3. The molecule has 0 saturated heterocycles. The average Bonchev–Trinajstić information content (AvgIpc) is 2.35. The number of amides is 1. The first kappa shape index (κ1) is 16.5. The van der Waals surface area contributed by atoms with Crippen molar-refractivity contribution in [1.29, 1.82) is 0 Å². The summed E-state index contributed by atoms with van der Waals surface area (Å²) < 4.78 is 5.17. The summed E-state index contributed by atoms with van der Waals surface area (Å²) in [5, 5.41) is 12.9. The summed E-state index contributed by atoms with van der Waals surface area (Å²) in [6, 6.07) is 7.32. The monoisotopic (exact) mass is 279 g/mol. The molecular weight excluding hydrogens is 254 g/mol. The van der Waals surface area contributed by atoms with E-state index in [0.29, 0.717) is 0 Å². The second kappa shape index (κ2) is 6.75. The van der Waals surface area contributed by atoms with Crippen LogP contribution in [0.15, 0.2) is 24.3 Å². The lowest BCUT2D eigenvalue weighted by Gasteiger charge is -2.24. The lowest BCUT2D eigenvalue weighted by Crippen LogP contribution is -2.40. The molecule has 0 spiro atoms. The quantitative estimate of drug-likeness (QED) is 0.890. The molecule has 0 heterocycles. The molecule has 0 radical (unpaired) electrons. The normalized spacial score (nSPS) is 14.5. The molecule has 4 nitrogen and oxygen atoms in total. The Balaban J connectivity index is 2.61. The number of carbonyl (C=O) groups is 1. The Morgan fingerprint density at radius 3 is 2.30 bits per heavy atom. The Kier molecular flexibility index (Phi) is 5.57. The molecule has 0 aliphatic rings. The van der Waals surface area contributed by atoms with Gasteiger partial charge in [0.25, 0.3) is 0 Å². The number of carbonyl (C=O) groups excluding carboxylic acids is 1. The van der Waals surface area contributed by atoms with Gasteiger partial charge in [0.05, 0.1) is 12.1 Å². The van der Waals surface area contributed by atoms with Crippen molar-refractivity contribution < 1.29 is 14.6 Å². The van der Waals surface area contributed by atoms with Crippen molar-refractivity contribution in [2.75, 3.05) is 0 Å². The van der Waals surface area contributed by atoms with Gasteiger partial charge in [-0.3, -0.25) is 0 Å². The van der Waals surface area contributed by atoms with E-state index in [1.165, 1.54) is 5.56 Å². The van der Waals surface area contributed by atoms with Gasteiger partial charge < -0.3 is 15.2 Å². The number of hydrogen-bond donors (Lipinski definition) is 2. The fourth-order valence-electron chi connectivity index (χ4n) is 1.81. The van der Waals surface area contributed by atoms with Crippen molar-refractivity contribution in [2.45, 2.75) is 58.8 Å². The van der Waals surface area contributed by atoms with Crippen LogP contribution in [0.3, 0.4) is 0 Å². The van der Waals surface area contributed by atoms with Crippen LogP contribution in [0.25, 0.3) is 0 Å². The van der Waals surface area contributed by atoms with Crippen molar-refractivity contribution in [3.8, 4) is 0 Å². The Morgan fingerprint density at radius 2 is 1.85 bits per heavy atom. The van der Waals surface area contributed by atoms with Crippen molar-refractivity contribution in [1.82, 2.24) is 5.32 Å². The number of aliphatic hydroxyl groups is 1. The zero-order valence-corrected chi connectivity index (χ0v) is 12.9. The molecule has 0 aliphatic carbocycles. The summed E-state index contributed by atoms with van der Waals surface area (Å²) in [7, 11) is 0. The summed E-state index contributed by atoms with van der Waals surface area (Å²) in [4.78, 5) is 11.7. The van der Waals surface area contributed by atoms with Crippen molar-refractivity contribution in [3.05, 3.63) is 35.4 Å². The molecule has 0 saturated carbocycles. The van der Waals surface area contributed by atoms with Gasteiger partial charge in [-0.2, -0.15) is 0 Å². The number of nitrogens with one attached hydrogen (secondary N) is 1. The van der Waals surface area contributed by atoms with E-state index in [0.717, 1.165) is 12.0 Å². The first-order chi connectivity index (χ1) is 9.23. The SMILES string of the molecule is CCc1ccc(C(O)C(C)NC(=O)OC(C)(C)C)cc1. The van der Waals surface area contributed by atoms with E-state index in [-0.39, 0.29) is 0 Å². The molecule has 0 aromatic heterocycles. The van der Waals surface area contributed by atoms with E-state index in [9.17, 15) is 9.90 Å². The maximum atomic E-state index is 11.7. The fourth-order valence-corrected chi connectivity index (χ4v) is 1.81. The third-order valence-electron chi connectivity index (χ3n) is 2.95. The van der Waals surface area contributed by atoms with Crippen molar-refractivity contribution in [3.63, 3.8) is 0 Å². The van der Waals surface area contributed by atoms with Gasteiger partial charge in [0, 0.05) is 0 Å². The van der Waals surface area contributed by atoms with Crippen LogP contribution in [0.4, 0.5) is 4.79 Å². The van der Waals surface area contributed by atoms with Gasteiger partial charge in [-0.05, 0) is 45.2 Å². The highest BCUT2D eigenvalue weighted by atomic mass is 16.6. The average molecular weight is 279 g/mol. The van der Waals surface area contributed by atoms with E-state index in [4.69, 9.17) is 4.74 Å². The van der Waals surface area contributed by atoms with Crippen LogP contribution in [-0.2, 0) is 11.2 Å². The molecule has 2 unspecified atom stereocenters. The first-order valence-electron chi connectivity index (χ1n) is 6.99. The zero-order valence-electron chi connectivity index (χ0n) is 12.9. The Morgan fingerprint density at radius 1 is 1.30 bits per heavy atom. The van der Waals surface area contributed by atoms with Gasteiger partial charge in [0.1, 0.15) is 5.60 Å². The maximum Gasteiger partial charge on any atom is 0.407 e. The molecule has 1 amide bonds. The molecule has 2 atom stereocenters. The van der Waals surface area contributed by atoms with Crippen LogP contribution < -0.4 is 5.32 Å². The minimum absolute atomic E-state index is 0.419. The molecule has 2 N–H and O–H groups in total. The standard InChI is InChI=1S/C16H25NO3/c1-6-12-7-9-13(10-8-12)14(18)11(2)17-15(19)20-16(3,4)5/h7-11,14,18H,6H2,1-5H3,(H,17,19). The molecule has 112 valence electrons. The second-order valence-electron chi connectivity index (χ2n) is 5.97. The molecule has 1 aromatic rings. The van der Waals surface area contributed by atoms with Crippen LogP contribution >= 0.6 is 0 Å². The highest BCUT2D eigenvalue weighted by Crippen LogP contribution is 2.18. The zero-order chi connectivity index (χ0) is 15.3. The molecule has 4 heteroatoms. The number of aliphatic hydroxyl groups excluding tert-OH is 1. The number of alkyl carbamates (subject to hydrolysis) is 1. The minimum Gasteiger partial charge on any atom is -0.444 e. The second-order valence-corrected chi connectivity index (χ2v) is 5.97. The van der Waals surface area contributed by atoms with Gasteiger partial charge in [-0.25, -0.2) is 4.79 Å². The Hall–Kier alpha value is -1.55. The van der Waals surface area contributed by atoms with E-state index in [1.807, 2.05) is 24.3 Å². The molecule has 0 aliphatic heterocycles. The van der Waals surface area contributed by atoms with E-state index < -0.39 is 23.8 Å². The molecule has 0 fully saturated rings. The highest BCUT2D eigenvalue weighted by Gasteiger charge is 2.22. The smallest absolute Gasteiger partial charge is 0.407 e. The molecule has 20 heavy (non-hydrogen) atoms. The maximum absolute atomic E-state index is 11.7. The largest absolute Gasteiger partial charge is 0.444 e. The van der Waals surface area contributed by atoms with Crippen LogP contribution in [0.5, 0.6) is 0 Å². The predicted octanol–water partition coefficient (Wildman–Crippen LogP) is 3.20. The number of aryl methyl sites for hydroxylation is 1. The van der Waals surface area contributed by atoms with Gasteiger partial charge in [0.15, 0.2) is 0 Å². The van der Waals surface area contributed by atoms with Gasteiger partial charge in [-0.15, -0.1) is 0 Å². The van der Waals surface area contributed by atoms with Crippen molar-refractivity contribution >= 4 is 6.09 Å². The number of benzene rings is 1. The summed E-state index contributed by atoms with van der Waals surface area (Å²) in [6.45, 7) is 9.24. The number of rotatable bonds is 4. The van der Waals surface area contributed by atoms with Gasteiger partial charge in [0.2, 0.25) is 0 Å².